The van der Waals surface area contributed by atoms with Crippen LogP contribution in [0.4, 0.5) is 0 Å². The zero-order chi connectivity index (χ0) is 17.6. The predicted octanol–water partition coefficient (Wildman–Crippen LogP) is 2.61. The summed E-state index contributed by atoms with van der Waals surface area (Å²) in [5.74, 6) is 0.00616. The fourth-order valence-electron chi connectivity index (χ4n) is 3.68. The minimum absolute atomic E-state index is 0.0776. The lowest BCUT2D eigenvalue weighted by atomic mass is 10.0. The summed E-state index contributed by atoms with van der Waals surface area (Å²) in [6, 6.07) is 8.03. The number of hydrogen-bond acceptors (Lipinski definition) is 3. The summed E-state index contributed by atoms with van der Waals surface area (Å²) in [5.41, 5.74) is 1.17. The van der Waals surface area contributed by atoms with Gasteiger partial charge < -0.3 is 10.2 Å². The smallest absolute Gasteiger partial charge is 0.239 e. The number of amides is 2. The van der Waals surface area contributed by atoms with Crippen molar-refractivity contribution in [2.75, 3.05) is 32.7 Å². The highest BCUT2D eigenvalue weighted by Crippen LogP contribution is 2.25. The number of rotatable bonds is 6. The Kier molecular flexibility index (Phi) is 6.32. The molecule has 1 aromatic rings. The molecule has 0 spiro atoms. The highest BCUT2D eigenvalue weighted by Gasteiger charge is 2.25. The van der Waals surface area contributed by atoms with E-state index >= 15 is 0 Å². The number of piperidine rings is 1. The van der Waals surface area contributed by atoms with E-state index in [0.29, 0.717) is 19.5 Å². The Morgan fingerprint density at radius 3 is 2.44 bits per heavy atom. The number of halogens is 1. The van der Waals surface area contributed by atoms with Crippen LogP contribution >= 0.6 is 11.6 Å². The van der Waals surface area contributed by atoms with E-state index in [2.05, 4.69) is 10.2 Å². The maximum absolute atomic E-state index is 12.3. The maximum Gasteiger partial charge on any atom is 0.239 e. The zero-order valence-corrected chi connectivity index (χ0v) is 15.3. The Morgan fingerprint density at radius 2 is 1.80 bits per heavy atom. The van der Waals surface area contributed by atoms with Gasteiger partial charge in [0.25, 0.3) is 0 Å². The largest absolute Gasteiger partial charge is 0.353 e. The Hall–Kier alpha value is -1.59. The second kappa shape index (κ2) is 8.68. The molecule has 5 nitrogen and oxygen atoms in total. The van der Waals surface area contributed by atoms with Crippen LogP contribution in [0.2, 0.25) is 5.02 Å². The first kappa shape index (κ1) is 18.2. The topological polar surface area (TPSA) is 52.7 Å². The number of hydrogen-bond donors (Lipinski definition) is 1. The molecule has 1 aromatic carbocycles. The van der Waals surface area contributed by atoms with E-state index in [1.807, 2.05) is 24.3 Å². The van der Waals surface area contributed by atoms with Crippen molar-refractivity contribution >= 4 is 23.4 Å². The monoisotopic (exact) mass is 363 g/mol. The Morgan fingerprint density at radius 1 is 1.08 bits per heavy atom. The molecule has 136 valence electrons. The molecule has 2 fully saturated rings. The van der Waals surface area contributed by atoms with Crippen molar-refractivity contribution in [3.63, 3.8) is 0 Å². The zero-order valence-electron chi connectivity index (χ0n) is 14.5. The average molecular weight is 364 g/mol. The fourth-order valence-corrected chi connectivity index (χ4v) is 3.81. The summed E-state index contributed by atoms with van der Waals surface area (Å²) in [4.78, 5) is 28.0. The Labute approximate surface area is 154 Å². The minimum Gasteiger partial charge on any atom is -0.353 e. The molecule has 1 atom stereocenters. The molecule has 0 radical (unpaired) electrons. The van der Waals surface area contributed by atoms with Crippen molar-refractivity contribution in [1.29, 1.82) is 0 Å². The summed E-state index contributed by atoms with van der Waals surface area (Å²) in [6.45, 7) is 3.52. The van der Waals surface area contributed by atoms with E-state index in [9.17, 15) is 9.59 Å². The van der Waals surface area contributed by atoms with Crippen molar-refractivity contribution < 1.29 is 9.59 Å². The van der Waals surface area contributed by atoms with E-state index in [4.69, 9.17) is 11.6 Å². The molecule has 2 aliphatic rings. The van der Waals surface area contributed by atoms with Gasteiger partial charge in [0.05, 0.1) is 12.6 Å². The molecule has 2 saturated heterocycles. The van der Waals surface area contributed by atoms with Crippen LogP contribution in [0.1, 0.15) is 43.7 Å². The third kappa shape index (κ3) is 4.95. The SMILES string of the molecule is O=C(CN1CCCC1=O)NCC(c1ccc(Cl)cc1)N1CCCCC1. The van der Waals surface area contributed by atoms with Crippen molar-refractivity contribution in [3.8, 4) is 0 Å². The van der Waals surface area contributed by atoms with E-state index in [0.717, 1.165) is 24.5 Å². The molecule has 3 rings (SSSR count). The molecule has 1 N–H and O–H groups in total. The van der Waals surface area contributed by atoms with Gasteiger partial charge in [-0.2, -0.15) is 0 Å². The van der Waals surface area contributed by atoms with Gasteiger partial charge >= 0.3 is 0 Å². The second-order valence-electron chi connectivity index (χ2n) is 6.89. The van der Waals surface area contributed by atoms with Crippen molar-refractivity contribution in [1.82, 2.24) is 15.1 Å². The van der Waals surface area contributed by atoms with Crippen molar-refractivity contribution in [2.24, 2.45) is 0 Å². The van der Waals surface area contributed by atoms with Gasteiger partial charge in [-0.05, 0) is 50.0 Å². The van der Waals surface area contributed by atoms with Crippen LogP contribution in [0.5, 0.6) is 0 Å². The lowest BCUT2D eigenvalue weighted by molar-refractivity contribution is -0.133. The molecule has 25 heavy (non-hydrogen) atoms. The van der Waals surface area contributed by atoms with Crippen LogP contribution in [0.15, 0.2) is 24.3 Å². The maximum atomic E-state index is 12.3. The highest BCUT2D eigenvalue weighted by molar-refractivity contribution is 6.30. The standard InChI is InChI=1S/C19H26ClN3O2/c20-16-8-6-15(7-9-16)17(22-10-2-1-3-11-22)13-21-18(24)14-23-12-4-5-19(23)25/h6-9,17H,1-5,10-14H2,(H,21,24). The molecular weight excluding hydrogens is 338 g/mol. The third-order valence-electron chi connectivity index (χ3n) is 5.08. The number of benzene rings is 1. The molecule has 2 aliphatic heterocycles. The lowest BCUT2D eigenvalue weighted by Gasteiger charge is -2.35. The first-order chi connectivity index (χ1) is 12.1. The lowest BCUT2D eigenvalue weighted by Crippen LogP contribution is -2.43. The van der Waals surface area contributed by atoms with Gasteiger partial charge in [-0.3, -0.25) is 14.5 Å². The molecule has 6 heteroatoms. The van der Waals surface area contributed by atoms with Crippen molar-refractivity contribution in [3.05, 3.63) is 34.9 Å². The molecule has 2 heterocycles. The summed E-state index contributed by atoms with van der Waals surface area (Å²) in [6.07, 6.45) is 5.08. The van der Waals surface area contributed by atoms with Crippen molar-refractivity contribution in [2.45, 2.75) is 38.1 Å². The third-order valence-corrected chi connectivity index (χ3v) is 5.34. The van der Waals surface area contributed by atoms with Gasteiger partial charge in [0, 0.05) is 24.5 Å². The van der Waals surface area contributed by atoms with Gasteiger partial charge in [0.1, 0.15) is 0 Å². The minimum atomic E-state index is -0.0776. The molecular formula is C19H26ClN3O2. The van der Waals surface area contributed by atoms with Crippen LogP contribution in [-0.2, 0) is 9.59 Å². The molecule has 2 amide bonds. The molecule has 1 unspecified atom stereocenters. The number of nitrogens with one attached hydrogen (secondary N) is 1. The van der Waals surface area contributed by atoms with Gasteiger partial charge in [0.15, 0.2) is 0 Å². The number of likely N-dealkylation sites (tertiary alicyclic amines) is 2. The first-order valence-corrected chi connectivity index (χ1v) is 9.55. The Bertz CT molecular complexity index is 599. The highest BCUT2D eigenvalue weighted by atomic mass is 35.5. The Balaban J connectivity index is 1.61. The molecule has 0 aliphatic carbocycles. The summed E-state index contributed by atoms with van der Waals surface area (Å²) in [5, 5.41) is 3.75. The quantitative estimate of drug-likeness (QED) is 0.845. The van der Waals surface area contributed by atoms with E-state index < -0.39 is 0 Å². The van der Waals surface area contributed by atoms with Gasteiger partial charge in [-0.1, -0.05) is 30.2 Å². The average Bonchev–Trinajstić information content (AvgIpc) is 3.02. The first-order valence-electron chi connectivity index (χ1n) is 9.17. The van der Waals surface area contributed by atoms with Gasteiger partial charge in [0.2, 0.25) is 11.8 Å². The summed E-state index contributed by atoms with van der Waals surface area (Å²) >= 11 is 6.02. The number of carbonyl (C=O) groups is 2. The van der Waals surface area contributed by atoms with Gasteiger partial charge in [-0.25, -0.2) is 0 Å². The van der Waals surface area contributed by atoms with Crippen LogP contribution < -0.4 is 5.32 Å². The van der Waals surface area contributed by atoms with Crippen LogP contribution in [0.3, 0.4) is 0 Å². The normalized spacial score (nSPS) is 19.9. The van der Waals surface area contributed by atoms with Crippen LogP contribution in [0, 0.1) is 0 Å². The molecule has 0 saturated carbocycles. The molecule has 0 bridgehead atoms. The fraction of sp³-hybridized carbons (Fsp3) is 0.579. The number of nitrogens with zero attached hydrogens (tertiary/aromatic N) is 2. The van der Waals surface area contributed by atoms with E-state index in [-0.39, 0.29) is 24.4 Å². The van der Waals surface area contributed by atoms with E-state index in [1.54, 1.807) is 4.90 Å². The summed E-state index contributed by atoms with van der Waals surface area (Å²) in [7, 11) is 0. The molecule has 0 aromatic heterocycles. The summed E-state index contributed by atoms with van der Waals surface area (Å²) < 4.78 is 0. The van der Waals surface area contributed by atoms with Gasteiger partial charge in [-0.15, -0.1) is 0 Å². The van der Waals surface area contributed by atoms with Crippen LogP contribution in [-0.4, -0.2) is 54.3 Å². The van der Waals surface area contributed by atoms with E-state index in [1.165, 1.54) is 24.8 Å². The number of carbonyl (C=O) groups excluding carboxylic acids is 2. The van der Waals surface area contributed by atoms with Crippen LogP contribution in [0.25, 0.3) is 0 Å². The predicted molar refractivity (Wildman–Crippen MR) is 98.4 cm³/mol. The second-order valence-corrected chi connectivity index (χ2v) is 7.32.